The number of fused-ring (bicyclic) bond motifs is 1. The molecule has 0 atom stereocenters. The molecule has 2 aromatic carbocycles. The van der Waals surface area contributed by atoms with E-state index in [0.29, 0.717) is 28.2 Å². The van der Waals surface area contributed by atoms with Crippen LogP contribution in [0.3, 0.4) is 0 Å². The van der Waals surface area contributed by atoms with Crippen LogP contribution in [0.25, 0.3) is 11.1 Å². The van der Waals surface area contributed by atoms with E-state index in [0.717, 1.165) is 5.69 Å². The molecule has 0 saturated heterocycles. The van der Waals surface area contributed by atoms with E-state index in [1.807, 2.05) is 0 Å². The molecule has 3 rings (SSSR count). The van der Waals surface area contributed by atoms with Crippen LogP contribution < -0.4 is 11.1 Å². The zero-order valence-electron chi connectivity index (χ0n) is 10.3. The number of H-pyrrole nitrogens is 1. The molecule has 3 N–H and O–H groups in total. The Morgan fingerprint density at radius 2 is 2.15 bits per heavy atom. The highest BCUT2D eigenvalue weighted by Crippen LogP contribution is 2.27. The van der Waals surface area contributed by atoms with Gasteiger partial charge in [-0.3, -0.25) is 4.98 Å². The first kappa shape index (κ1) is 12.6. The van der Waals surface area contributed by atoms with Crippen LogP contribution in [-0.4, -0.2) is 10.1 Å². The first-order valence-corrected chi connectivity index (χ1v) is 6.34. The first-order valence-electron chi connectivity index (χ1n) is 5.96. The number of anilines is 1. The Morgan fingerprint density at radius 1 is 1.30 bits per heavy atom. The number of rotatable bonds is 3. The van der Waals surface area contributed by atoms with Gasteiger partial charge in [-0.1, -0.05) is 23.7 Å². The molecule has 0 amide bonds. The fraction of sp³-hybridized carbons (Fsp3) is 0.0714. The van der Waals surface area contributed by atoms with Gasteiger partial charge in [0.05, 0.1) is 10.5 Å². The van der Waals surface area contributed by atoms with Crippen LogP contribution in [-0.2, 0) is 6.54 Å². The lowest BCUT2D eigenvalue weighted by Gasteiger charge is -2.08. The SMILES string of the molecule is O=c1[nH]c2cc(NCc3cccc(Cl)c3O)ccc2o1. The second kappa shape index (κ2) is 4.94. The maximum Gasteiger partial charge on any atom is 0.417 e. The molecule has 102 valence electrons. The van der Waals surface area contributed by atoms with Crippen LogP contribution in [0, 0.1) is 0 Å². The van der Waals surface area contributed by atoms with Crippen molar-refractivity contribution in [2.45, 2.75) is 6.54 Å². The minimum Gasteiger partial charge on any atom is -0.506 e. The molecule has 0 spiro atoms. The molecule has 5 nitrogen and oxygen atoms in total. The quantitative estimate of drug-likeness (QED) is 0.692. The van der Waals surface area contributed by atoms with Gasteiger partial charge in [-0.2, -0.15) is 0 Å². The average molecular weight is 291 g/mol. The van der Waals surface area contributed by atoms with Crippen molar-refractivity contribution in [1.29, 1.82) is 0 Å². The Morgan fingerprint density at radius 3 is 3.00 bits per heavy atom. The molecule has 1 aromatic heterocycles. The van der Waals surface area contributed by atoms with Crippen molar-refractivity contribution >= 4 is 28.4 Å². The predicted molar refractivity (Wildman–Crippen MR) is 77.3 cm³/mol. The van der Waals surface area contributed by atoms with Gasteiger partial charge in [0.25, 0.3) is 0 Å². The van der Waals surface area contributed by atoms with E-state index in [4.69, 9.17) is 16.0 Å². The smallest absolute Gasteiger partial charge is 0.417 e. The summed E-state index contributed by atoms with van der Waals surface area (Å²) in [5, 5.41) is 13.3. The Kier molecular flexibility index (Phi) is 3.12. The highest BCUT2D eigenvalue weighted by atomic mass is 35.5. The summed E-state index contributed by atoms with van der Waals surface area (Å²) < 4.78 is 4.92. The number of halogens is 1. The summed E-state index contributed by atoms with van der Waals surface area (Å²) in [7, 11) is 0. The molecule has 3 aromatic rings. The summed E-state index contributed by atoms with van der Waals surface area (Å²) in [6, 6.07) is 10.4. The molecule has 0 aliphatic carbocycles. The normalized spacial score (nSPS) is 10.8. The predicted octanol–water partition coefficient (Wildman–Crippen LogP) is 3.09. The number of phenolic OH excluding ortho intramolecular Hbond substituents is 1. The van der Waals surface area contributed by atoms with Gasteiger partial charge in [-0.05, 0) is 24.3 Å². The van der Waals surface area contributed by atoms with Crippen LogP contribution in [0.5, 0.6) is 5.75 Å². The Balaban J connectivity index is 1.82. The molecule has 6 heteroatoms. The van der Waals surface area contributed by atoms with Crippen LogP contribution in [0.2, 0.25) is 5.02 Å². The molecule has 0 bridgehead atoms. The second-order valence-electron chi connectivity index (χ2n) is 4.33. The molecule has 1 heterocycles. The van der Waals surface area contributed by atoms with Gasteiger partial charge in [0.15, 0.2) is 5.58 Å². The Labute approximate surface area is 118 Å². The molecular weight excluding hydrogens is 280 g/mol. The van der Waals surface area contributed by atoms with Gasteiger partial charge in [0.1, 0.15) is 5.75 Å². The number of aromatic amines is 1. The Bertz CT molecular complexity index is 823. The van der Waals surface area contributed by atoms with Crippen molar-refractivity contribution < 1.29 is 9.52 Å². The van der Waals surface area contributed by atoms with E-state index in [9.17, 15) is 9.90 Å². The lowest BCUT2D eigenvalue weighted by atomic mass is 10.2. The average Bonchev–Trinajstić information content (AvgIpc) is 2.79. The first-order chi connectivity index (χ1) is 9.63. The van der Waals surface area contributed by atoms with Crippen LogP contribution >= 0.6 is 11.6 Å². The third-order valence-corrected chi connectivity index (χ3v) is 3.28. The third-order valence-electron chi connectivity index (χ3n) is 2.97. The largest absolute Gasteiger partial charge is 0.506 e. The maximum atomic E-state index is 11.1. The van der Waals surface area contributed by atoms with Crippen molar-refractivity contribution in [2.75, 3.05) is 5.32 Å². The molecule has 20 heavy (non-hydrogen) atoms. The summed E-state index contributed by atoms with van der Waals surface area (Å²) in [5.41, 5.74) is 2.62. The van der Waals surface area contributed by atoms with Gasteiger partial charge in [-0.25, -0.2) is 4.79 Å². The molecule has 0 aliphatic rings. The number of aromatic hydroxyl groups is 1. The number of nitrogens with one attached hydrogen (secondary N) is 2. The number of hydrogen-bond donors (Lipinski definition) is 3. The van der Waals surface area contributed by atoms with Crippen LogP contribution in [0.1, 0.15) is 5.56 Å². The van der Waals surface area contributed by atoms with Gasteiger partial charge >= 0.3 is 5.76 Å². The fourth-order valence-corrected chi connectivity index (χ4v) is 2.16. The molecule has 0 saturated carbocycles. The number of oxazole rings is 1. The summed E-state index contributed by atoms with van der Waals surface area (Å²) >= 11 is 5.85. The number of hydrogen-bond acceptors (Lipinski definition) is 4. The van der Waals surface area contributed by atoms with Crippen molar-refractivity contribution in [2.24, 2.45) is 0 Å². The molecule has 0 fully saturated rings. The topological polar surface area (TPSA) is 78.3 Å². The zero-order chi connectivity index (χ0) is 14.1. The number of phenols is 1. The molecule has 0 radical (unpaired) electrons. The number of benzene rings is 2. The minimum atomic E-state index is -0.482. The van der Waals surface area contributed by atoms with Gasteiger partial charge in [0.2, 0.25) is 0 Å². The van der Waals surface area contributed by atoms with E-state index < -0.39 is 5.76 Å². The third kappa shape index (κ3) is 2.35. The van der Waals surface area contributed by atoms with Crippen molar-refractivity contribution in [3.05, 3.63) is 57.5 Å². The second-order valence-corrected chi connectivity index (χ2v) is 4.73. The van der Waals surface area contributed by atoms with Gasteiger partial charge in [0, 0.05) is 17.8 Å². The van der Waals surface area contributed by atoms with Crippen molar-refractivity contribution in [3.63, 3.8) is 0 Å². The lowest BCUT2D eigenvalue weighted by molar-refractivity contribution is 0.469. The van der Waals surface area contributed by atoms with Gasteiger partial charge < -0.3 is 14.8 Å². The number of para-hydroxylation sites is 1. The van der Waals surface area contributed by atoms with Crippen molar-refractivity contribution in [1.82, 2.24) is 4.98 Å². The molecular formula is C14H11ClN2O3. The maximum absolute atomic E-state index is 11.1. The summed E-state index contributed by atoms with van der Waals surface area (Å²) in [6.45, 7) is 0.417. The van der Waals surface area contributed by atoms with Crippen LogP contribution in [0.15, 0.2) is 45.6 Å². The van der Waals surface area contributed by atoms with Crippen molar-refractivity contribution in [3.8, 4) is 5.75 Å². The Hall–Kier alpha value is -2.40. The fourth-order valence-electron chi connectivity index (χ4n) is 1.96. The van der Waals surface area contributed by atoms with E-state index in [1.54, 1.807) is 36.4 Å². The van der Waals surface area contributed by atoms with E-state index >= 15 is 0 Å². The highest BCUT2D eigenvalue weighted by molar-refractivity contribution is 6.32. The van der Waals surface area contributed by atoms with E-state index in [1.165, 1.54) is 0 Å². The summed E-state index contributed by atoms with van der Waals surface area (Å²) in [6.07, 6.45) is 0. The summed E-state index contributed by atoms with van der Waals surface area (Å²) in [4.78, 5) is 13.7. The van der Waals surface area contributed by atoms with E-state index in [-0.39, 0.29) is 5.75 Å². The van der Waals surface area contributed by atoms with E-state index in [2.05, 4.69) is 10.3 Å². The highest BCUT2D eigenvalue weighted by Gasteiger charge is 2.06. The minimum absolute atomic E-state index is 0.0689. The van der Waals surface area contributed by atoms with Gasteiger partial charge in [-0.15, -0.1) is 0 Å². The molecule has 0 unspecified atom stereocenters. The zero-order valence-corrected chi connectivity index (χ0v) is 11.1. The number of aromatic nitrogens is 1. The lowest BCUT2D eigenvalue weighted by Crippen LogP contribution is -1.99. The molecule has 0 aliphatic heterocycles. The summed E-state index contributed by atoms with van der Waals surface area (Å²) in [5.74, 6) is -0.413. The monoisotopic (exact) mass is 290 g/mol. The van der Waals surface area contributed by atoms with Crippen LogP contribution in [0.4, 0.5) is 5.69 Å². The standard InChI is InChI=1S/C14H11ClN2O3/c15-10-3-1-2-8(13(10)18)7-16-9-4-5-12-11(6-9)17-14(19)20-12/h1-6,16,18H,7H2,(H,17,19).